The topological polar surface area (TPSA) is 56.1 Å². The molecule has 0 spiro atoms. The van der Waals surface area contributed by atoms with Gasteiger partial charge in [0.25, 0.3) is 0 Å². The molecule has 0 N–H and O–H groups in total. The van der Waals surface area contributed by atoms with Crippen LogP contribution in [0.3, 0.4) is 0 Å². The molecule has 130 valence electrons. The molecule has 1 aliphatic carbocycles. The van der Waals surface area contributed by atoms with Crippen LogP contribution in [-0.4, -0.2) is 45.5 Å². The van der Waals surface area contributed by atoms with Crippen molar-refractivity contribution in [3.63, 3.8) is 0 Å². The van der Waals surface area contributed by atoms with Crippen molar-refractivity contribution in [3.8, 4) is 5.82 Å². The Balaban J connectivity index is 1.84. The Labute approximate surface area is 143 Å². The highest BCUT2D eigenvalue weighted by molar-refractivity contribution is 5.38. The van der Waals surface area contributed by atoms with E-state index in [1.54, 1.807) is 17.1 Å². The highest BCUT2D eigenvalue weighted by Gasteiger charge is 2.55. The maximum Gasteiger partial charge on any atom is 0.227 e. The first-order valence-electron chi connectivity index (χ1n) is 8.83. The quantitative estimate of drug-likeness (QED) is 0.781. The van der Waals surface area contributed by atoms with Gasteiger partial charge in [-0.15, -0.1) is 0 Å². The van der Waals surface area contributed by atoms with Crippen molar-refractivity contribution in [3.05, 3.63) is 30.7 Å². The van der Waals surface area contributed by atoms with Gasteiger partial charge in [0.15, 0.2) is 5.82 Å². The zero-order valence-corrected chi connectivity index (χ0v) is 15.0. The maximum absolute atomic E-state index is 5.99. The third-order valence-corrected chi connectivity index (χ3v) is 5.58. The van der Waals surface area contributed by atoms with Crippen LogP contribution in [0.15, 0.2) is 30.7 Å². The molecule has 2 aromatic rings. The van der Waals surface area contributed by atoms with Gasteiger partial charge in [0.05, 0.1) is 6.10 Å². The molecule has 1 aliphatic rings. The molecule has 1 fully saturated rings. The van der Waals surface area contributed by atoms with Gasteiger partial charge in [0, 0.05) is 49.8 Å². The van der Waals surface area contributed by atoms with Crippen molar-refractivity contribution in [1.82, 2.24) is 19.7 Å². The number of aromatic nitrogens is 4. The molecule has 0 radical (unpaired) electrons. The lowest BCUT2D eigenvalue weighted by molar-refractivity contribution is -0.128. The van der Waals surface area contributed by atoms with Crippen LogP contribution >= 0.6 is 0 Å². The lowest BCUT2D eigenvalue weighted by Gasteiger charge is -2.58. The molecule has 0 bridgehead atoms. The van der Waals surface area contributed by atoms with Crippen LogP contribution in [0.25, 0.3) is 5.82 Å². The summed E-state index contributed by atoms with van der Waals surface area (Å²) >= 11 is 0. The minimum absolute atomic E-state index is 0.176. The first-order chi connectivity index (χ1) is 11.7. The highest BCUT2D eigenvalue weighted by Crippen LogP contribution is 2.51. The summed E-state index contributed by atoms with van der Waals surface area (Å²) in [7, 11) is 2.09. The number of ether oxygens (including phenoxy) is 1. The summed E-state index contributed by atoms with van der Waals surface area (Å²) in [6.07, 6.45) is 9.01. The van der Waals surface area contributed by atoms with E-state index in [4.69, 9.17) is 9.72 Å². The SMILES string of the molecule is CCO[C@@H]1C[C@H](N(C)c2nccc(-n3cccn3)n2)C1(CC)CC. The van der Waals surface area contributed by atoms with Crippen molar-refractivity contribution in [2.75, 3.05) is 18.6 Å². The van der Waals surface area contributed by atoms with Gasteiger partial charge in [0.1, 0.15) is 0 Å². The Hall–Kier alpha value is -1.95. The Bertz CT molecular complexity index is 653. The molecule has 6 nitrogen and oxygen atoms in total. The fourth-order valence-electron chi connectivity index (χ4n) is 4.06. The Morgan fingerprint density at radius 2 is 2.08 bits per heavy atom. The summed E-state index contributed by atoms with van der Waals surface area (Å²) < 4.78 is 7.75. The van der Waals surface area contributed by atoms with E-state index in [0.29, 0.717) is 12.1 Å². The molecule has 0 unspecified atom stereocenters. The summed E-state index contributed by atoms with van der Waals surface area (Å²) in [5.74, 6) is 1.53. The van der Waals surface area contributed by atoms with Crippen molar-refractivity contribution in [2.45, 2.75) is 52.2 Å². The maximum atomic E-state index is 5.99. The molecule has 1 saturated carbocycles. The van der Waals surface area contributed by atoms with Crippen molar-refractivity contribution in [1.29, 1.82) is 0 Å². The monoisotopic (exact) mass is 329 g/mol. The molecule has 0 aliphatic heterocycles. The van der Waals surface area contributed by atoms with Gasteiger partial charge >= 0.3 is 0 Å². The molecule has 6 heteroatoms. The summed E-state index contributed by atoms with van der Waals surface area (Å²) in [5, 5.41) is 4.25. The second-order valence-electron chi connectivity index (χ2n) is 6.41. The standard InChI is InChI=1S/C18H27N5O/c1-5-18(6-2)14(13-15(18)24-7-3)22(4)17-19-11-9-16(21-17)23-12-8-10-20-23/h8-12,14-15H,5-7,13H2,1-4H3/t14-,15+/m0/s1. The molecular weight excluding hydrogens is 302 g/mol. The lowest BCUT2D eigenvalue weighted by Crippen LogP contribution is -2.64. The first kappa shape index (κ1) is 16.9. The molecule has 0 aromatic carbocycles. The zero-order chi connectivity index (χ0) is 17.2. The molecular formula is C18H27N5O. The second-order valence-corrected chi connectivity index (χ2v) is 6.41. The van der Waals surface area contributed by atoms with Crippen molar-refractivity contribution in [2.24, 2.45) is 5.41 Å². The van der Waals surface area contributed by atoms with Crippen LogP contribution < -0.4 is 4.90 Å². The fraction of sp³-hybridized carbons (Fsp3) is 0.611. The predicted molar refractivity (Wildman–Crippen MR) is 94.4 cm³/mol. The molecule has 0 amide bonds. The van der Waals surface area contributed by atoms with E-state index in [0.717, 1.165) is 37.6 Å². The van der Waals surface area contributed by atoms with Gasteiger partial charge in [-0.3, -0.25) is 0 Å². The lowest BCUT2D eigenvalue weighted by atomic mass is 9.58. The number of nitrogens with zero attached hydrogens (tertiary/aromatic N) is 5. The van der Waals surface area contributed by atoms with Crippen LogP contribution in [0.4, 0.5) is 5.95 Å². The van der Waals surface area contributed by atoms with E-state index in [1.165, 1.54) is 0 Å². The van der Waals surface area contributed by atoms with E-state index in [2.05, 4.69) is 42.8 Å². The van der Waals surface area contributed by atoms with Crippen LogP contribution in [-0.2, 0) is 4.74 Å². The largest absolute Gasteiger partial charge is 0.378 e. The highest BCUT2D eigenvalue weighted by atomic mass is 16.5. The Morgan fingerprint density at radius 3 is 2.71 bits per heavy atom. The third kappa shape index (κ3) is 2.69. The first-order valence-corrected chi connectivity index (χ1v) is 8.83. The average molecular weight is 329 g/mol. The van der Waals surface area contributed by atoms with Crippen LogP contribution in [0.2, 0.25) is 0 Å². The van der Waals surface area contributed by atoms with Crippen LogP contribution in [0.5, 0.6) is 0 Å². The van der Waals surface area contributed by atoms with Gasteiger partial charge in [-0.05, 0) is 32.3 Å². The number of hydrogen-bond donors (Lipinski definition) is 0. The average Bonchev–Trinajstić information content (AvgIpc) is 3.14. The zero-order valence-electron chi connectivity index (χ0n) is 15.0. The summed E-state index contributed by atoms with van der Waals surface area (Å²) in [6, 6.07) is 4.17. The summed E-state index contributed by atoms with van der Waals surface area (Å²) in [5.41, 5.74) is 0.176. The minimum atomic E-state index is 0.176. The van der Waals surface area contributed by atoms with Crippen molar-refractivity contribution >= 4 is 5.95 Å². The predicted octanol–water partition coefficient (Wildman–Crippen LogP) is 3.08. The fourth-order valence-corrected chi connectivity index (χ4v) is 4.06. The number of rotatable bonds is 7. The van der Waals surface area contributed by atoms with Crippen LogP contribution in [0.1, 0.15) is 40.0 Å². The van der Waals surface area contributed by atoms with E-state index < -0.39 is 0 Å². The molecule has 2 heterocycles. The van der Waals surface area contributed by atoms with Crippen molar-refractivity contribution < 1.29 is 4.74 Å². The van der Waals surface area contributed by atoms with E-state index >= 15 is 0 Å². The number of hydrogen-bond acceptors (Lipinski definition) is 5. The molecule has 24 heavy (non-hydrogen) atoms. The van der Waals surface area contributed by atoms with Gasteiger partial charge < -0.3 is 9.64 Å². The second kappa shape index (κ2) is 6.89. The summed E-state index contributed by atoms with van der Waals surface area (Å²) in [4.78, 5) is 11.4. The molecule has 2 aromatic heterocycles. The van der Waals surface area contributed by atoms with Gasteiger partial charge in [0.2, 0.25) is 5.95 Å². The Kier molecular flexibility index (Phi) is 4.85. The molecule has 0 saturated heterocycles. The normalized spacial score (nSPS) is 22.2. The summed E-state index contributed by atoms with van der Waals surface area (Å²) in [6.45, 7) is 7.37. The molecule has 2 atom stereocenters. The number of anilines is 1. The Morgan fingerprint density at radius 1 is 1.29 bits per heavy atom. The van der Waals surface area contributed by atoms with Gasteiger partial charge in [-0.1, -0.05) is 13.8 Å². The minimum Gasteiger partial charge on any atom is -0.378 e. The smallest absolute Gasteiger partial charge is 0.227 e. The van der Waals surface area contributed by atoms with Gasteiger partial charge in [-0.25, -0.2) is 9.67 Å². The van der Waals surface area contributed by atoms with E-state index in [9.17, 15) is 0 Å². The van der Waals surface area contributed by atoms with Crippen LogP contribution in [0, 0.1) is 5.41 Å². The molecule has 3 rings (SSSR count). The van der Waals surface area contributed by atoms with Gasteiger partial charge in [-0.2, -0.15) is 10.1 Å². The third-order valence-electron chi connectivity index (χ3n) is 5.58. The van der Waals surface area contributed by atoms with E-state index in [-0.39, 0.29) is 5.41 Å². The van der Waals surface area contributed by atoms with E-state index in [1.807, 2.05) is 18.3 Å².